The molecule has 106 valence electrons. The average molecular weight is 268 g/mol. The van der Waals surface area contributed by atoms with Crippen LogP contribution in [0.25, 0.3) is 0 Å². The topological polar surface area (TPSA) is 60.0 Å². The molecule has 0 unspecified atom stereocenters. The second-order valence-electron chi connectivity index (χ2n) is 4.16. The molecular formula is C13H20N2O4. The van der Waals surface area contributed by atoms with Crippen molar-refractivity contribution in [2.45, 2.75) is 0 Å². The van der Waals surface area contributed by atoms with Gasteiger partial charge in [0.1, 0.15) is 0 Å². The fraction of sp³-hybridized carbons (Fsp3) is 0.462. The van der Waals surface area contributed by atoms with Crippen molar-refractivity contribution in [1.29, 1.82) is 0 Å². The van der Waals surface area contributed by atoms with Crippen LogP contribution in [0.1, 0.15) is 10.4 Å². The SMILES string of the molecule is COC(=O)c1cc(OC)c(OC)cc1NCN(C)C. The summed E-state index contributed by atoms with van der Waals surface area (Å²) in [5.41, 5.74) is 1.04. The van der Waals surface area contributed by atoms with Crippen LogP contribution in [0, 0.1) is 0 Å². The first-order valence-corrected chi connectivity index (χ1v) is 5.76. The number of nitrogens with zero attached hydrogens (tertiary/aromatic N) is 1. The number of rotatable bonds is 6. The second kappa shape index (κ2) is 6.84. The molecule has 1 aromatic rings. The maximum atomic E-state index is 11.8. The molecule has 1 N–H and O–H groups in total. The van der Waals surface area contributed by atoms with Crippen LogP contribution in [0.3, 0.4) is 0 Å². The van der Waals surface area contributed by atoms with E-state index in [-0.39, 0.29) is 0 Å². The second-order valence-corrected chi connectivity index (χ2v) is 4.16. The number of benzene rings is 1. The predicted octanol–water partition coefficient (Wildman–Crippen LogP) is 1.42. The maximum absolute atomic E-state index is 11.8. The van der Waals surface area contributed by atoms with Crippen molar-refractivity contribution in [1.82, 2.24) is 4.90 Å². The molecule has 0 heterocycles. The Kier molecular flexibility index (Phi) is 5.44. The Labute approximate surface area is 113 Å². The highest BCUT2D eigenvalue weighted by atomic mass is 16.5. The number of ether oxygens (including phenoxy) is 3. The van der Waals surface area contributed by atoms with Crippen LogP contribution in [-0.4, -0.2) is 53.0 Å². The van der Waals surface area contributed by atoms with Crippen molar-refractivity contribution in [3.63, 3.8) is 0 Å². The van der Waals surface area contributed by atoms with E-state index in [1.54, 1.807) is 19.2 Å². The summed E-state index contributed by atoms with van der Waals surface area (Å²) in [5, 5.41) is 3.14. The Morgan fingerprint density at radius 1 is 1.16 bits per heavy atom. The van der Waals surface area contributed by atoms with Crippen LogP contribution in [0.5, 0.6) is 11.5 Å². The van der Waals surface area contributed by atoms with Crippen molar-refractivity contribution in [3.05, 3.63) is 17.7 Å². The fourth-order valence-electron chi connectivity index (χ4n) is 1.55. The third-order valence-corrected chi connectivity index (χ3v) is 2.51. The monoisotopic (exact) mass is 268 g/mol. The van der Waals surface area contributed by atoms with E-state index in [4.69, 9.17) is 14.2 Å². The normalized spacial score (nSPS) is 10.2. The van der Waals surface area contributed by atoms with Gasteiger partial charge >= 0.3 is 5.97 Å². The zero-order valence-electron chi connectivity index (χ0n) is 11.9. The van der Waals surface area contributed by atoms with Crippen LogP contribution in [0.15, 0.2) is 12.1 Å². The van der Waals surface area contributed by atoms with Gasteiger partial charge in [-0.05, 0) is 14.1 Å². The van der Waals surface area contributed by atoms with Gasteiger partial charge in [0.2, 0.25) is 0 Å². The van der Waals surface area contributed by atoms with Gasteiger partial charge in [-0.2, -0.15) is 0 Å². The summed E-state index contributed by atoms with van der Waals surface area (Å²) < 4.78 is 15.2. The number of anilines is 1. The molecule has 0 aliphatic heterocycles. The first-order chi connectivity index (χ1) is 9.03. The summed E-state index contributed by atoms with van der Waals surface area (Å²) in [6, 6.07) is 3.32. The predicted molar refractivity (Wildman–Crippen MR) is 73.1 cm³/mol. The van der Waals surface area contributed by atoms with Gasteiger partial charge in [0.25, 0.3) is 0 Å². The number of carbonyl (C=O) groups excluding carboxylic acids is 1. The van der Waals surface area contributed by atoms with E-state index >= 15 is 0 Å². The summed E-state index contributed by atoms with van der Waals surface area (Å²) in [6.45, 7) is 0.583. The first-order valence-electron chi connectivity index (χ1n) is 5.76. The molecule has 0 aliphatic rings. The number of methoxy groups -OCH3 is 3. The van der Waals surface area contributed by atoms with Crippen molar-refractivity contribution in [3.8, 4) is 11.5 Å². The van der Waals surface area contributed by atoms with Gasteiger partial charge < -0.3 is 19.5 Å². The van der Waals surface area contributed by atoms with Gasteiger partial charge in [-0.1, -0.05) is 0 Å². The van der Waals surface area contributed by atoms with Gasteiger partial charge in [-0.15, -0.1) is 0 Å². The molecule has 0 aliphatic carbocycles. The number of hydrogen-bond donors (Lipinski definition) is 1. The Hall–Kier alpha value is -1.95. The molecule has 1 rings (SSSR count). The minimum atomic E-state index is -0.429. The summed E-state index contributed by atoms with van der Waals surface area (Å²) in [6.07, 6.45) is 0. The lowest BCUT2D eigenvalue weighted by Crippen LogP contribution is -2.21. The largest absolute Gasteiger partial charge is 0.493 e. The van der Waals surface area contributed by atoms with E-state index in [1.165, 1.54) is 14.2 Å². The molecule has 0 amide bonds. The van der Waals surface area contributed by atoms with Gasteiger partial charge in [-0.25, -0.2) is 4.79 Å². The molecular weight excluding hydrogens is 248 g/mol. The smallest absolute Gasteiger partial charge is 0.340 e. The lowest BCUT2D eigenvalue weighted by atomic mass is 10.1. The Morgan fingerprint density at radius 2 is 1.74 bits per heavy atom. The van der Waals surface area contributed by atoms with Crippen LogP contribution in [0.4, 0.5) is 5.69 Å². The van der Waals surface area contributed by atoms with E-state index in [0.717, 1.165) is 0 Å². The summed E-state index contributed by atoms with van der Waals surface area (Å²) in [5.74, 6) is 0.608. The van der Waals surface area contributed by atoms with E-state index in [0.29, 0.717) is 29.4 Å². The third-order valence-electron chi connectivity index (χ3n) is 2.51. The number of hydrogen-bond acceptors (Lipinski definition) is 6. The van der Waals surface area contributed by atoms with Crippen molar-refractivity contribution < 1.29 is 19.0 Å². The number of carbonyl (C=O) groups is 1. The zero-order chi connectivity index (χ0) is 14.4. The van der Waals surface area contributed by atoms with Crippen LogP contribution in [-0.2, 0) is 4.74 Å². The lowest BCUT2D eigenvalue weighted by molar-refractivity contribution is 0.0601. The van der Waals surface area contributed by atoms with Crippen LogP contribution in [0.2, 0.25) is 0 Å². The minimum absolute atomic E-state index is 0.405. The summed E-state index contributed by atoms with van der Waals surface area (Å²) in [4.78, 5) is 13.7. The molecule has 1 aromatic carbocycles. The standard InChI is InChI=1S/C13H20N2O4/c1-15(2)8-14-10-7-12(18-4)11(17-3)6-9(10)13(16)19-5/h6-7,14H,8H2,1-5H3. The van der Waals surface area contributed by atoms with Crippen molar-refractivity contribution >= 4 is 11.7 Å². The molecule has 0 aromatic heterocycles. The molecule has 19 heavy (non-hydrogen) atoms. The van der Waals surface area contributed by atoms with E-state index in [2.05, 4.69) is 5.32 Å². The number of esters is 1. The van der Waals surface area contributed by atoms with E-state index in [9.17, 15) is 4.79 Å². The fourth-order valence-corrected chi connectivity index (χ4v) is 1.55. The molecule has 0 saturated heterocycles. The highest BCUT2D eigenvalue weighted by Crippen LogP contribution is 2.33. The van der Waals surface area contributed by atoms with E-state index in [1.807, 2.05) is 19.0 Å². The highest BCUT2D eigenvalue weighted by Gasteiger charge is 2.17. The Bertz CT molecular complexity index is 447. The summed E-state index contributed by atoms with van der Waals surface area (Å²) >= 11 is 0. The van der Waals surface area contributed by atoms with Gasteiger partial charge in [0.15, 0.2) is 11.5 Å². The summed E-state index contributed by atoms with van der Waals surface area (Å²) in [7, 11) is 8.25. The molecule has 0 atom stereocenters. The highest BCUT2D eigenvalue weighted by molar-refractivity contribution is 5.96. The van der Waals surface area contributed by atoms with Gasteiger partial charge in [0, 0.05) is 12.1 Å². The Balaban J connectivity index is 3.19. The van der Waals surface area contributed by atoms with Crippen molar-refractivity contribution in [2.75, 3.05) is 47.4 Å². The zero-order valence-corrected chi connectivity index (χ0v) is 11.9. The molecule has 0 bridgehead atoms. The molecule has 0 fully saturated rings. The van der Waals surface area contributed by atoms with Crippen molar-refractivity contribution in [2.24, 2.45) is 0 Å². The minimum Gasteiger partial charge on any atom is -0.493 e. The van der Waals surface area contributed by atoms with Crippen LogP contribution < -0.4 is 14.8 Å². The van der Waals surface area contributed by atoms with E-state index < -0.39 is 5.97 Å². The Morgan fingerprint density at radius 3 is 2.21 bits per heavy atom. The molecule has 0 radical (unpaired) electrons. The van der Waals surface area contributed by atoms with Gasteiger partial charge in [-0.3, -0.25) is 4.90 Å². The van der Waals surface area contributed by atoms with Crippen LogP contribution >= 0.6 is 0 Å². The van der Waals surface area contributed by atoms with Gasteiger partial charge in [0.05, 0.1) is 39.2 Å². The number of nitrogens with one attached hydrogen (secondary N) is 1. The average Bonchev–Trinajstić information content (AvgIpc) is 2.42. The maximum Gasteiger partial charge on any atom is 0.340 e. The third kappa shape index (κ3) is 3.75. The molecule has 6 heteroatoms. The quantitative estimate of drug-likeness (QED) is 0.622. The first kappa shape index (κ1) is 15.1. The molecule has 0 spiro atoms. The lowest BCUT2D eigenvalue weighted by Gasteiger charge is -2.17. The molecule has 0 saturated carbocycles. The molecule has 6 nitrogen and oxygen atoms in total.